The van der Waals surface area contributed by atoms with E-state index in [-0.39, 0.29) is 12.4 Å². The molecule has 0 aliphatic heterocycles. The highest BCUT2D eigenvalue weighted by Crippen LogP contribution is 2.50. The van der Waals surface area contributed by atoms with E-state index in [0.29, 0.717) is 5.41 Å². The fraction of sp³-hybridized carbons (Fsp3) is 1.00. The second-order valence-electron chi connectivity index (χ2n) is 3.30. The number of halogens is 1. The average Bonchev–Trinajstić information content (AvgIpc) is 2.15. The Hall–Kier alpha value is 0.210. The first-order valence-electron chi connectivity index (χ1n) is 3.10. The summed E-state index contributed by atoms with van der Waals surface area (Å²) in [6.07, 6.45) is 1.33. The smallest absolute Gasteiger partial charge is 0.0131 e. The number of hydrazine groups is 1. The molecule has 1 aliphatic carbocycles. The topological polar surface area (TPSA) is 38.0 Å². The Bertz CT molecular complexity index is 93.1. The Balaban J connectivity index is 0.000000640. The van der Waals surface area contributed by atoms with Gasteiger partial charge in [0.25, 0.3) is 0 Å². The van der Waals surface area contributed by atoms with Crippen LogP contribution in [0.1, 0.15) is 20.3 Å². The first kappa shape index (κ1) is 9.21. The van der Waals surface area contributed by atoms with Gasteiger partial charge in [0.2, 0.25) is 0 Å². The van der Waals surface area contributed by atoms with E-state index >= 15 is 0 Å². The maximum absolute atomic E-state index is 5.14. The van der Waals surface area contributed by atoms with Crippen molar-refractivity contribution in [3.05, 3.63) is 0 Å². The van der Waals surface area contributed by atoms with Crippen LogP contribution in [0.2, 0.25) is 0 Å². The van der Waals surface area contributed by atoms with E-state index in [1.54, 1.807) is 0 Å². The molecule has 0 radical (unpaired) electrons. The lowest BCUT2D eigenvalue weighted by Gasteiger charge is -1.99. The van der Waals surface area contributed by atoms with Crippen LogP contribution < -0.4 is 11.3 Å². The van der Waals surface area contributed by atoms with Crippen molar-refractivity contribution in [2.75, 3.05) is 6.54 Å². The number of nitrogens with two attached hydrogens (primary N) is 1. The summed E-state index contributed by atoms with van der Waals surface area (Å²) < 4.78 is 0. The van der Waals surface area contributed by atoms with Crippen LogP contribution in [0.25, 0.3) is 0 Å². The van der Waals surface area contributed by atoms with Crippen molar-refractivity contribution in [2.24, 2.45) is 17.2 Å². The van der Waals surface area contributed by atoms with Gasteiger partial charge in [0.15, 0.2) is 0 Å². The molecule has 1 fully saturated rings. The van der Waals surface area contributed by atoms with E-state index in [2.05, 4.69) is 19.3 Å². The second-order valence-corrected chi connectivity index (χ2v) is 3.30. The van der Waals surface area contributed by atoms with Gasteiger partial charge >= 0.3 is 0 Å². The van der Waals surface area contributed by atoms with Gasteiger partial charge in [0.05, 0.1) is 0 Å². The van der Waals surface area contributed by atoms with Gasteiger partial charge in [-0.05, 0) is 17.8 Å². The van der Waals surface area contributed by atoms with E-state index in [4.69, 9.17) is 5.84 Å². The van der Waals surface area contributed by atoms with Crippen molar-refractivity contribution < 1.29 is 0 Å². The third kappa shape index (κ3) is 2.12. The zero-order chi connectivity index (χ0) is 6.20. The lowest BCUT2D eigenvalue weighted by atomic mass is 10.1. The summed E-state index contributed by atoms with van der Waals surface area (Å²) >= 11 is 0. The molecular weight excluding hydrogens is 136 g/mol. The van der Waals surface area contributed by atoms with Gasteiger partial charge in [-0.25, -0.2) is 0 Å². The SMILES string of the molecule is CC1(C)CC1CNN.Cl. The molecular formula is C6H15ClN2. The second kappa shape index (κ2) is 2.86. The van der Waals surface area contributed by atoms with Gasteiger partial charge in [-0.3, -0.25) is 11.3 Å². The van der Waals surface area contributed by atoms with Crippen molar-refractivity contribution in [1.29, 1.82) is 0 Å². The first-order valence-corrected chi connectivity index (χ1v) is 3.10. The molecule has 1 saturated carbocycles. The summed E-state index contributed by atoms with van der Waals surface area (Å²) in [6, 6.07) is 0. The molecule has 3 heteroatoms. The molecule has 0 amide bonds. The molecule has 0 spiro atoms. The van der Waals surface area contributed by atoms with Crippen LogP contribution in [-0.2, 0) is 0 Å². The average molecular weight is 151 g/mol. The Morgan fingerprint density at radius 3 is 2.22 bits per heavy atom. The Morgan fingerprint density at radius 2 is 2.11 bits per heavy atom. The van der Waals surface area contributed by atoms with Crippen LogP contribution in [-0.4, -0.2) is 6.54 Å². The molecule has 0 aromatic rings. The first-order chi connectivity index (χ1) is 3.67. The molecule has 0 saturated heterocycles. The summed E-state index contributed by atoms with van der Waals surface area (Å²) in [5.74, 6) is 5.97. The molecule has 1 rings (SSSR count). The minimum atomic E-state index is 0. The lowest BCUT2D eigenvalue weighted by Crippen LogP contribution is -2.25. The van der Waals surface area contributed by atoms with Crippen molar-refractivity contribution in [1.82, 2.24) is 5.43 Å². The molecule has 0 heterocycles. The van der Waals surface area contributed by atoms with Crippen molar-refractivity contribution in [2.45, 2.75) is 20.3 Å². The van der Waals surface area contributed by atoms with Crippen LogP contribution in [0.5, 0.6) is 0 Å². The van der Waals surface area contributed by atoms with Crippen molar-refractivity contribution in [3.8, 4) is 0 Å². The van der Waals surface area contributed by atoms with Gasteiger partial charge < -0.3 is 0 Å². The third-order valence-electron chi connectivity index (χ3n) is 2.08. The molecule has 3 N–H and O–H groups in total. The molecule has 0 aromatic heterocycles. The highest BCUT2D eigenvalue weighted by molar-refractivity contribution is 5.85. The summed E-state index contributed by atoms with van der Waals surface area (Å²) in [5.41, 5.74) is 3.26. The number of rotatable bonds is 2. The molecule has 1 unspecified atom stereocenters. The molecule has 1 aliphatic rings. The minimum absolute atomic E-state index is 0. The van der Waals surface area contributed by atoms with E-state index in [1.807, 2.05) is 0 Å². The molecule has 1 atom stereocenters. The lowest BCUT2D eigenvalue weighted by molar-refractivity contribution is 0.527. The quantitative estimate of drug-likeness (QED) is 0.454. The van der Waals surface area contributed by atoms with E-state index < -0.39 is 0 Å². The minimum Gasteiger partial charge on any atom is -0.271 e. The van der Waals surface area contributed by atoms with Gasteiger partial charge in [0, 0.05) is 6.54 Å². The van der Waals surface area contributed by atoms with E-state index in [0.717, 1.165) is 12.5 Å². The fourth-order valence-electron chi connectivity index (χ4n) is 1.07. The standard InChI is InChI=1S/C6H14N2.ClH/c1-6(2)3-5(6)4-8-7;/h5,8H,3-4,7H2,1-2H3;1H. The van der Waals surface area contributed by atoms with Crippen molar-refractivity contribution in [3.63, 3.8) is 0 Å². The van der Waals surface area contributed by atoms with E-state index in [9.17, 15) is 0 Å². The van der Waals surface area contributed by atoms with Gasteiger partial charge in [0.1, 0.15) is 0 Å². The maximum Gasteiger partial charge on any atom is 0.0131 e. The highest BCUT2D eigenvalue weighted by atomic mass is 35.5. The zero-order valence-corrected chi connectivity index (χ0v) is 6.79. The van der Waals surface area contributed by atoms with Crippen LogP contribution in [0, 0.1) is 11.3 Å². The summed E-state index contributed by atoms with van der Waals surface area (Å²) in [5, 5.41) is 0. The summed E-state index contributed by atoms with van der Waals surface area (Å²) in [7, 11) is 0. The molecule has 9 heavy (non-hydrogen) atoms. The Morgan fingerprint density at radius 1 is 1.67 bits per heavy atom. The molecule has 0 aromatic carbocycles. The maximum atomic E-state index is 5.14. The number of hydrogen-bond acceptors (Lipinski definition) is 2. The van der Waals surface area contributed by atoms with Crippen LogP contribution in [0.15, 0.2) is 0 Å². The summed E-state index contributed by atoms with van der Waals surface area (Å²) in [6.45, 7) is 5.52. The highest BCUT2D eigenvalue weighted by Gasteiger charge is 2.44. The predicted octanol–water partition coefficient (Wildman–Crippen LogP) is 0.918. The van der Waals surface area contributed by atoms with E-state index in [1.165, 1.54) is 6.42 Å². The monoisotopic (exact) mass is 150 g/mol. The Labute approximate surface area is 62.6 Å². The van der Waals surface area contributed by atoms with Crippen molar-refractivity contribution >= 4 is 12.4 Å². The van der Waals surface area contributed by atoms with Gasteiger partial charge in [-0.2, -0.15) is 0 Å². The molecule has 0 bridgehead atoms. The Kier molecular flexibility index (Phi) is 2.93. The summed E-state index contributed by atoms with van der Waals surface area (Å²) in [4.78, 5) is 0. The van der Waals surface area contributed by atoms with Gasteiger partial charge in [-0.1, -0.05) is 13.8 Å². The molecule has 2 nitrogen and oxygen atoms in total. The normalized spacial score (nSPS) is 29.0. The number of nitrogens with one attached hydrogen (secondary N) is 1. The fourth-order valence-corrected chi connectivity index (χ4v) is 1.07. The van der Waals surface area contributed by atoms with Crippen LogP contribution >= 0.6 is 12.4 Å². The third-order valence-corrected chi connectivity index (χ3v) is 2.08. The van der Waals surface area contributed by atoms with Gasteiger partial charge in [-0.15, -0.1) is 12.4 Å². The van der Waals surface area contributed by atoms with Crippen LogP contribution in [0.3, 0.4) is 0 Å². The van der Waals surface area contributed by atoms with Crippen LogP contribution in [0.4, 0.5) is 0 Å². The largest absolute Gasteiger partial charge is 0.271 e. The molecule has 56 valence electrons. The number of hydrogen-bond donors (Lipinski definition) is 2. The predicted molar refractivity (Wildman–Crippen MR) is 41.3 cm³/mol. The zero-order valence-electron chi connectivity index (χ0n) is 5.98.